The number of nitrogens with zero attached hydrogens (tertiary/aromatic N) is 3. The quantitative estimate of drug-likeness (QED) is 0.722. The average Bonchev–Trinajstić information content (AvgIpc) is 2.88. The summed E-state index contributed by atoms with van der Waals surface area (Å²) < 4.78 is 2.31. The van der Waals surface area contributed by atoms with Crippen molar-refractivity contribution in [2.24, 2.45) is 0 Å². The summed E-state index contributed by atoms with van der Waals surface area (Å²) in [7, 11) is 4.21. The Labute approximate surface area is 119 Å². The van der Waals surface area contributed by atoms with E-state index < -0.39 is 0 Å². The molecule has 3 nitrogen and oxygen atoms in total. The molecule has 0 fully saturated rings. The summed E-state index contributed by atoms with van der Waals surface area (Å²) >= 11 is 0. The Morgan fingerprint density at radius 1 is 1.10 bits per heavy atom. The second-order valence-electron chi connectivity index (χ2n) is 5.33. The van der Waals surface area contributed by atoms with Crippen LogP contribution in [0.25, 0.3) is 22.0 Å². The van der Waals surface area contributed by atoms with Crippen LogP contribution in [0, 0.1) is 0 Å². The molecule has 0 amide bonds. The number of rotatable bonds is 4. The number of hydrogen-bond acceptors (Lipinski definition) is 2. The van der Waals surface area contributed by atoms with Crippen molar-refractivity contribution in [2.75, 3.05) is 20.6 Å². The zero-order valence-electron chi connectivity index (χ0n) is 12.0. The number of benzene rings is 1. The predicted molar refractivity (Wildman–Crippen MR) is 83.7 cm³/mol. The van der Waals surface area contributed by atoms with Gasteiger partial charge in [0.05, 0.1) is 0 Å². The SMILES string of the molecule is CN(C)CCn1ccc2ccc(-c3cccnc3)cc21. The van der Waals surface area contributed by atoms with Gasteiger partial charge >= 0.3 is 0 Å². The third-order valence-corrected chi connectivity index (χ3v) is 3.56. The molecule has 0 aliphatic rings. The Morgan fingerprint density at radius 2 is 2.00 bits per heavy atom. The second-order valence-corrected chi connectivity index (χ2v) is 5.33. The number of fused-ring (bicyclic) bond motifs is 1. The van der Waals surface area contributed by atoms with E-state index in [9.17, 15) is 0 Å². The van der Waals surface area contributed by atoms with Crippen LogP contribution < -0.4 is 0 Å². The van der Waals surface area contributed by atoms with Crippen molar-refractivity contribution in [3.05, 3.63) is 55.0 Å². The Kier molecular flexibility index (Phi) is 3.52. The molecule has 20 heavy (non-hydrogen) atoms. The lowest BCUT2D eigenvalue weighted by Gasteiger charge is -2.11. The average molecular weight is 265 g/mol. The van der Waals surface area contributed by atoms with Crippen molar-refractivity contribution in [1.29, 1.82) is 0 Å². The van der Waals surface area contributed by atoms with Crippen molar-refractivity contribution in [2.45, 2.75) is 6.54 Å². The summed E-state index contributed by atoms with van der Waals surface area (Å²) in [5, 5.41) is 1.29. The van der Waals surface area contributed by atoms with Gasteiger partial charge in [-0.3, -0.25) is 4.98 Å². The Hall–Kier alpha value is -2.13. The minimum Gasteiger partial charge on any atom is -0.346 e. The van der Waals surface area contributed by atoms with Crippen LogP contribution in [0.2, 0.25) is 0 Å². The van der Waals surface area contributed by atoms with E-state index in [2.05, 4.69) is 65.1 Å². The highest BCUT2D eigenvalue weighted by Gasteiger charge is 2.04. The lowest BCUT2D eigenvalue weighted by Crippen LogP contribution is -2.17. The maximum absolute atomic E-state index is 4.20. The van der Waals surface area contributed by atoms with Crippen LogP contribution in [0.1, 0.15) is 0 Å². The van der Waals surface area contributed by atoms with Gasteiger partial charge in [-0.2, -0.15) is 0 Å². The van der Waals surface area contributed by atoms with Crippen LogP contribution in [0.3, 0.4) is 0 Å². The molecule has 3 heteroatoms. The lowest BCUT2D eigenvalue weighted by molar-refractivity contribution is 0.387. The standard InChI is InChI=1S/C17H19N3/c1-19(2)10-11-20-9-7-14-5-6-15(12-17(14)20)16-4-3-8-18-13-16/h3-9,12-13H,10-11H2,1-2H3. The maximum atomic E-state index is 4.20. The number of pyridine rings is 1. The highest BCUT2D eigenvalue weighted by atomic mass is 15.1. The third-order valence-electron chi connectivity index (χ3n) is 3.56. The van der Waals surface area contributed by atoms with Gasteiger partial charge in [-0.25, -0.2) is 0 Å². The molecule has 0 saturated carbocycles. The summed E-state index contributed by atoms with van der Waals surface area (Å²) in [5.41, 5.74) is 3.67. The van der Waals surface area contributed by atoms with Gasteiger partial charge in [-0.15, -0.1) is 0 Å². The van der Waals surface area contributed by atoms with Crippen LogP contribution in [0.5, 0.6) is 0 Å². The van der Waals surface area contributed by atoms with Crippen LogP contribution in [0.15, 0.2) is 55.0 Å². The van der Waals surface area contributed by atoms with Crippen molar-refractivity contribution >= 4 is 10.9 Å². The van der Waals surface area contributed by atoms with E-state index in [1.165, 1.54) is 16.5 Å². The van der Waals surface area contributed by atoms with Crippen LogP contribution in [-0.4, -0.2) is 35.1 Å². The fraction of sp³-hybridized carbons (Fsp3) is 0.235. The van der Waals surface area contributed by atoms with Crippen LogP contribution in [-0.2, 0) is 6.54 Å². The molecule has 0 saturated heterocycles. The fourth-order valence-electron chi connectivity index (χ4n) is 2.40. The van der Waals surface area contributed by atoms with Gasteiger partial charge in [0.2, 0.25) is 0 Å². The van der Waals surface area contributed by atoms with Gasteiger partial charge in [0.25, 0.3) is 0 Å². The molecule has 0 spiro atoms. The molecule has 3 rings (SSSR count). The predicted octanol–water partition coefficient (Wildman–Crippen LogP) is 3.26. The zero-order valence-corrected chi connectivity index (χ0v) is 12.0. The van der Waals surface area contributed by atoms with E-state index in [1.54, 1.807) is 0 Å². The molecule has 0 unspecified atom stereocenters. The van der Waals surface area contributed by atoms with E-state index >= 15 is 0 Å². The van der Waals surface area contributed by atoms with E-state index in [4.69, 9.17) is 0 Å². The first-order chi connectivity index (χ1) is 9.74. The molecule has 0 radical (unpaired) electrons. The molecule has 0 bridgehead atoms. The third kappa shape index (κ3) is 2.58. The number of hydrogen-bond donors (Lipinski definition) is 0. The normalized spacial score (nSPS) is 11.3. The summed E-state index contributed by atoms with van der Waals surface area (Å²) in [6.07, 6.45) is 5.89. The molecule has 0 aliphatic heterocycles. The van der Waals surface area contributed by atoms with Crippen molar-refractivity contribution in [1.82, 2.24) is 14.5 Å². The van der Waals surface area contributed by atoms with Gasteiger partial charge in [0, 0.05) is 42.8 Å². The monoisotopic (exact) mass is 265 g/mol. The molecule has 2 aromatic heterocycles. The van der Waals surface area contributed by atoms with Gasteiger partial charge < -0.3 is 9.47 Å². The zero-order chi connectivity index (χ0) is 13.9. The molecule has 0 N–H and O–H groups in total. The molecule has 2 heterocycles. The summed E-state index contributed by atoms with van der Waals surface area (Å²) in [6, 6.07) is 12.9. The van der Waals surface area contributed by atoms with E-state index in [0.29, 0.717) is 0 Å². The molecular weight excluding hydrogens is 246 g/mol. The smallest absolute Gasteiger partial charge is 0.0486 e. The highest BCUT2D eigenvalue weighted by Crippen LogP contribution is 2.24. The number of likely N-dealkylation sites (N-methyl/N-ethyl adjacent to an activating group) is 1. The summed E-state index contributed by atoms with van der Waals surface area (Å²) in [6.45, 7) is 2.05. The minimum absolute atomic E-state index is 1.01. The Balaban J connectivity index is 1.99. The Bertz CT molecular complexity index is 699. The van der Waals surface area contributed by atoms with E-state index in [0.717, 1.165) is 18.7 Å². The molecular formula is C17H19N3. The van der Waals surface area contributed by atoms with Crippen LogP contribution in [0.4, 0.5) is 0 Å². The second kappa shape index (κ2) is 5.47. The minimum atomic E-state index is 1.01. The van der Waals surface area contributed by atoms with E-state index in [1.807, 2.05) is 18.5 Å². The van der Waals surface area contributed by atoms with Crippen molar-refractivity contribution in [3.8, 4) is 11.1 Å². The molecule has 102 valence electrons. The van der Waals surface area contributed by atoms with Crippen LogP contribution >= 0.6 is 0 Å². The molecule has 3 aromatic rings. The Morgan fingerprint density at radius 3 is 2.75 bits per heavy atom. The topological polar surface area (TPSA) is 21.1 Å². The number of aromatic nitrogens is 2. The maximum Gasteiger partial charge on any atom is 0.0486 e. The van der Waals surface area contributed by atoms with Crippen molar-refractivity contribution < 1.29 is 0 Å². The van der Waals surface area contributed by atoms with Gasteiger partial charge in [-0.1, -0.05) is 18.2 Å². The van der Waals surface area contributed by atoms with Gasteiger partial charge in [0.1, 0.15) is 0 Å². The van der Waals surface area contributed by atoms with Gasteiger partial charge in [-0.05, 0) is 43.2 Å². The first-order valence-electron chi connectivity index (χ1n) is 6.88. The van der Waals surface area contributed by atoms with E-state index in [-0.39, 0.29) is 0 Å². The fourth-order valence-corrected chi connectivity index (χ4v) is 2.40. The first kappa shape index (κ1) is 12.9. The summed E-state index contributed by atoms with van der Waals surface area (Å²) in [4.78, 5) is 6.40. The highest BCUT2D eigenvalue weighted by molar-refractivity contribution is 5.85. The molecule has 0 atom stereocenters. The van der Waals surface area contributed by atoms with Crippen molar-refractivity contribution in [3.63, 3.8) is 0 Å². The molecule has 1 aromatic carbocycles. The molecule has 0 aliphatic carbocycles. The first-order valence-corrected chi connectivity index (χ1v) is 6.88. The van der Waals surface area contributed by atoms with Gasteiger partial charge in [0.15, 0.2) is 0 Å². The lowest BCUT2D eigenvalue weighted by atomic mass is 10.1. The summed E-state index contributed by atoms with van der Waals surface area (Å²) in [5.74, 6) is 0. The largest absolute Gasteiger partial charge is 0.346 e.